The topological polar surface area (TPSA) is 92.2 Å². The number of likely N-dealkylation sites (tertiary alicyclic amines) is 1. The van der Waals surface area contributed by atoms with Crippen LogP contribution < -0.4 is 15.6 Å². The van der Waals surface area contributed by atoms with Crippen molar-refractivity contribution in [2.24, 2.45) is 5.92 Å². The highest BCUT2D eigenvalue weighted by atomic mass is 16.5. The van der Waals surface area contributed by atoms with E-state index in [1.807, 2.05) is 38.2 Å². The number of rotatable bonds is 8. The van der Waals surface area contributed by atoms with Crippen molar-refractivity contribution in [2.75, 3.05) is 20.2 Å². The zero-order valence-corrected chi connectivity index (χ0v) is 24.1. The molecule has 1 unspecified atom stereocenters. The van der Waals surface area contributed by atoms with Gasteiger partial charge in [0.15, 0.2) is 0 Å². The Morgan fingerprint density at radius 2 is 1.90 bits per heavy atom. The number of H-pyrrole nitrogens is 1. The number of fused-ring (bicyclic) bond motifs is 1. The van der Waals surface area contributed by atoms with Gasteiger partial charge in [0.2, 0.25) is 0 Å². The van der Waals surface area contributed by atoms with Gasteiger partial charge in [-0.1, -0.05) is 18.2 Å². The Kier molecular flexibility index (Phi) is 8.07. The zero-order valence-electron chi connectivity index (χ0n) is 24.1. The van der Waals surface area contributed by atoms with Crippen molar-refractivity contribution in [1.29, 1.82) is 0 Å². The first-order valence-electron chi connectivity index (χ1n) is 14.0. The second-order valence-electron chi connectivity index (χ2n) is 11.0. The van der Waals surface area contributed by atoms with Crippen LogP contribution in [-0.2, 0) is 13.1 Å². The minimum Gasteiger partial charge on any atom is -0.496 e. The number of para-hydroxylation sites is 1. The molecule has 4 heterocycles. The fourth-order valence-electron chi connectivity index (χ4n) is 6.26. The number of pyridine rings is 2. The number of benzene rings is 1. The van der Waals surface area contributed by atoms with E-state index in [2.05, 4.69) is 49.9 Å². The van der Waals surface area contributed by atoms with Crippen molar-refractivity contribution < 1.29 is 9.53 Å². The molecule has 0 radical (unpaired) electrons. The highest BCUT2D eigenvalue weighted by molar-refractivity contribution is 6.08. The number of aromatic amines is 1. The van der Waals surface area contributed by atoms with Gasteiger partial charge in [0, 0.05) is 46.8 Å². The van der Waals surface area contributed by atoms with Crippen LogP contribution in [-0.4, -0.2) is 45.5 Å². The van der Waals surface area contributed by atoms with Crippen LogP contribution in [0.2, 0.25) is 0 Å². The molecule has 0 bridgehead atoms. The summed E-state index contributed by atoms with van der Waals surface area (Å²) in [4.78, 5) is 35.8. The average Bonchev–Trinajstić information content (AvgIpc) is 3.23. The maximum Gasteiger partial charge on any atom is 0.256 e. The van der Waals surface area contributed by atoms with Gasteiger partial charge >= 0.3 is 0 Å². The summed E-state index contributed by atoms with van der Waals surface area (Å²) >= 11 is 0. The van der Waals surface area contributed by atoms with Crippen molar-refractivity contribution in [2.45, 2.75) is 59.7 Å². The molecule has 1 saturated heterocycles. The molecule has 1 atom stereocenters. The van der Waals surface area contributed by atoms with Crippen LogP contribution in [0.5, 0.6) is 5.75 Å². The summed E-state index contributed by atoms with van der Waals surface area (Å²) in [6.45, 7) is 11.3. The van der Waals surface area contributed by atoms with Crippen molar-refractivity contribution >= 4 is 16.8 Å². The van der Waals surface area contributed by atoms with E-state index < -0.39 is 0 Å². The third-order valence-corrected chi connectivity index (χ3v) is 8.35. The van der Waals surface area contributed by atoms with Crippen molar-refractivity contribution in [1.82, 2.24) is 24.8 Å². The number of nitrogens with one attached hydrogen (secondary N) is 2. The minimum absolute atomic E-state index is 0.0849. The summed E-state index contributed by atoms with van der Waals surface area (Å²) in [5.41, 5.74) is 5.91. The number of piperidine rings is 1. The molecule has 1 aliphatic heterocycles. The van der Waals surface area contributed by atoms with E-state index >= 15 is 0 Å². The lowest BCUT2D eigenvalue weighted by Gasteiger charge is -2.36. The highest BCUT2D eigenvalue weighted by Crippen LogP contribution is 2.36. The first kappa shape index (κ1) is 27.6. The number of amides is 1. The van der Waals surface area contributed by atoms with Gasteiger partial charge in [-0.25, -0.2) is 0 Å². The van der Waals surface area contributed by atoms with E-state index in [0.717, 1.165) is 54.8 Å². The van der Waals surface area contributed by atoms with E-state index in [9.17, 15) is 9.59 Å². The maximum atomic E-state index is 13.6. The summed E-state index contributed by atoms with van der Waals surface area (Å²) < 4.78 is 7.75. The fraction of sp³-hybridized carbons (Fsp3) is 0.406. The number of carbonyl (C=O) groups excluding carboxylic acids is 1. The SMILES string of the molecule is COc1cc(C)[nH]c(=O)c1CNC(=O)c1c(C)n(C(C)C2CCN(Cc3ccnc(C)c3)CC2)c2ccccc12. The van der Waals surface area contributed by atoms with Gasteiger partial charge < -0.3 is 19.6 Å². The smallest absolute Gasteiger partial charge is 0.256 e. The van der Waals surface area contributed by atoms with Crippen LogP contribution in [0.1, 0.15) is 64.4 Å². The van der Waals surface area contributed by atoms with Crippen LogP contribution in [0.25, 0.3) is 10.9 Å². The average molecular weight is 542 g/mol. The number of hydrogen-bond donors (Lipinski definition) is 2. The predicted octanol–water partition coefficient (Wildman–Crippen LogP) is 5.06. The molecule has 0 aliphatic carbocycles. The molecule has 5 rings (SSSR count). The second kappa shape index (κ2) is 11.7. The number of carbonyl (C=O) groups is 1. The second-order valence-corrected chi connectivity index (χ2v) is 11.0. The molecule has 1 fully saturated rings. The summed E-state index contributed by atoms with van der Waals surface area (Å²) in [7, 11) is 1.53. The monoisotopic (exact) mass is 541 g/mol. The van der Waals surface area contributed by atoms with Crippen LogP contribution in [0.4, 0.5) is 0 Å². The normalized spacial score (nSPS) is 15.3. The molecular weight excluding hydrogens is 502 g/mol. The largest absolute Gasteiger partial charge is 0.496 e. The molecular formula is C32H39N5O3. The summed E-state index contributed by atoms with van der Waals surface area (Å²) in [6, 6.07) is 14.4. The Morgan fingerprint density at radius 1 is 1.15 bits per heavy atom. The molecule has 8 heteroatoms. The molecule has 8 nitrogen and oxygen atoms in total. The number of ether oxygens (including phenoxy) is 1. The Bertz CT molecular complexity index is 1580. The van der Waals surface area contributed by atoms with Crippen LogP contribution >= 0.6 is 0 Å². The molecule has 3 aromatic heterocycles. The Morgan fingerprint density at radius 3 is 2.62 bits per heavy atom. The third-order valence-electron chi connectivity index (χ3n) is 8.35. The number of hydrogen-bond acceptors (Lipinski definition) is 5. The molecule has 4 aromatic rings. The predicted molar refractivity (Wildman–Crippen MR) is 158 cm³/mol. The lowest BCUT2D eigenvalue weighted by molar-refractivity contribution is 0.0951. The zero-order chi connectivity index (χ0) is 28.4. The quantitative estimate of drug-likeness (QED) is 0.325. The fourth-order valence-corrected chi connectivity index (χ4v) is 6.26. The van der Waals surface area contributed by atoms with Gasteiger partial charge in [0.05, 0.1) is 24.8 Å². The van der Waals surface area contributed by atoms with Gasteiger partial charge in [-0.05, 0) is 89.4 Å². The lowest BCUT2D eigenvalue weighted by atomic mass is 9.89. The van der Waals surface area contributed by atoms with Crippen LogP contribution in [0, 0.1) is 26.7 Å². The molecule has 0 spiro atoms. The molecule has 1 aliphatic rings. The van der Waals surface area contributed by atoms with Crippen LogP contribution in [0.3, 0.4) is 0 Å². The first-order valence-corrected chi connectivity index (χ1v) is 14.0. The standard InChI is InChI=1S/C32H39N5O3/c1-20-16-24(10-13-33-20)19-36-14-11-25(12-15-36)22(3)37-23(4)30(26-8-6-7-9-28(26)37)32(39)34-18-27-29(40-5)17-21(2)35-31(27)38/h6-10,13,16-17,22,25H,11-12,14-15,18-19H2,1-5H3,(H,34,39)(H,35,38). The van der Waals surface area contributed by atoms with Crippen molar-refractivity contribution in [3.05, 3.63) is 92.8 Å². The summed E-state index contributed by atoms with van der Waals surface area (Å²) in [5.74, 6) is 0.792. The molecule has 210 valence electrons. The van der Waals surface area contributed by atoms with Gasteiger partial charge in [0.1, 0.15) is 5.75 Å². The Labute approximate surface area is 235 Å². The van der Waals surface area contributed by atoms with Crippen molar-refractivity contribution in [3.8, 4) is 5.75 Å². The highest BCUT2D eigenvalue weighted by Gasteiger charge is 2.29. The molecule has 2 N–H and O–H groups in total. The number of aromatic nitrogens is 3. The molecule has 40 heavy (non-hydrogen) atoms. The van der Waals surface area contributed by atoms with E-state index in [1.54, 1.807) is 13.0 Å². The van der Waals surface area contributed by atoms with E-state index in [1.165, 1.54) is 12.7 Å². The lowest BCUT2D eigenvalue weighted by Crippen LogP contribution is -2.36. The minimum atomic E-state index is -0.254. The molecule has 1 amide bonds. The van der Waals surface area contributed by atoms with E-state index in [0.29, 0.717) is 28.5 Å². The Hall–Kier alpha value is -3.91. The van der Waals surface area contributed by atoms with Crippen LogP contribution in [0.15, 0.2) is 53.5 Å². The van der Waals surface area contributed by atoms with Gasteiger partial charge in [-0.15, -0.1) is 0 Å². The van der Waals surface area contributed by atoms with Gasteiger partial charge in [-0.3, -0.25) is 19.5 Å². The summed E-state index contributed by atoms with van der Waals surface area (Å²) in [5, 5.41) is 3.91. The van der Waals surface area contributed by atoms with E-state index in [-0.39, 0.29) is 24.1 Å². The molecule has 1 aromatic carbocycles. The molecule has 0 saturated carbocycles. The first-order chi connectivity index (χ1) is 19.3. The maximum absolute atomic E-state index is 13.6. The van der Waals surface area contributed by atoms with E-state index in [4.69, 9.17) is 4.74 Å². The number of nitrogens with zero attached hydrogens (tertiary/aromatic N) is 3. The number of aryl methyl sites for hydroxylation is 2. The summed E-state index contributed by atoms with van der Waals surface area (Å²) in [6.07, 6.45) is 4.10. The number of methoxy groups -OCH3 is 1. The third kappa shape index (κ3) is 5.54. The Balaban J connectivity index is 1.34. The van der Waals surface area contributed by atoms with Gasteiger partial charge in [-0.2, -0.15) is 0 Å². The van der Waals surface area contributed by atoms with Crippen molar-refractivity contribution in [3.63, 3.8) is 0 Å². The van der Waals surface area contributed by atoms with Gasteiger partial charge in [0.25, 0.3) is 11.5 Å².